The summed E-state index contributed by atoms with van der Waals surface area (Å²) in [5, 5.41) is 0. The minimum absolute atomic E-state index is 0.130. The summed E-state index contributed by atoms with van der Waals surface area (Å²) < 4.78 is 5.51. The second kappa shape index (κ2) is 8.62. The number of rotatable bonds is 3. The van der Waals surface area contributed by atoms with Crippen LogP contribution in [0.25, 0.3) is 0 Å². The molecule has 0 aromatic heterocycles. The molecule has 4 heteroatoms. The van der Waals surface area contributed by atoms with Gasteiger partial charge in [0, 0.05) is 13.1 Å². The average molecular weight is 335 g/mol. The molecule has 2 atom stereocenters. The fourth-order valence-corrected chi connectivity index (χ4v) is 4.60. The van der Waals surface area contributed by atoms with Crippen molar-refractivity contribution in [3.05, 3.63) is 0 Å². The van der Waals surface area contributed by atoms with Crippen LogP contribution in [0.2, 0.25) is 19.0 Å². The molecule has 0 aliphatic carbocycles. The Morgan fingerprint density at radius 1 is 1.08 bits per heavy atom. The number of hydrogen-bond acceptors (Lipinski definition) is 2. The molecule has 0 N–H and O–H groups in total. The maximum Gasteiger partial charge on any atom is 0.410 e. The van der Waals surface area contributed by atoms with Gasteiger partial charge in [0.25, 0.3) is 0 Å². The van der Waals surface area contributed by atoms with Crippen LogP contribution in [-0.2, 0) is 4.74 Å². The number of piperidine rings is 1. The van der Waals surface area contributed by atoms with Crippen LogP contribution in [0, 0.1) is 17.8 Å². The van der Waals surface area contributed by atoms with E-state index in [2.05, 4.69) is 13.8 Å². The largest absolute Gasteiger partial charge is 0.444 e. The lowest BCUT2D eigenvalue weighted by Gasteiger charge is -2.34. The second-order valence-electron chi connectivity index (χ2n) is 9.44. The lowest BCUT2D eigenvalue weighted by molar-refractivity contribution is 0.0189. The average Bonchev–Trinajstić information content (AvgIpc) is 2.67. The first-order chi connectivity index (χ1) is 11.3. The van der Waals surface area contributed by atoms with Crippen molar-refractivity contribution < 1.29 is 9.53 Å². The van der Waals surface area contributed by atoms with Gasteiger partial charge in [-0.1, -0.05) is 58.0 Å². The molecule has 2 unspecified atom stereocenters. The molecule has 3 nitrogen and oxygen atoms in total. The molecule has 1 amide bonds. The highest BCUT2D eigenvalue weighted by atomic mass is 16.6. The van der Waals surface area contributed by atoms with Crippen molar-refractivity contribution in [2.24, 2.45) is 17.8 Å². The smallest absolute Gasteiger partial charge is 0.410 e. The highest BCUT2D eigenvalue weighted by molar-refractivity contribution is 6.59. The molecule has 0 aromatic rings. The van der Waals surface area contributed by atoms with Gasteiger partial charge in [-0.3, -0.25) is 0 Å². The van der Waals surface area contributed by atoms with Crippen molar-refractivity contribution in [1.29, 1.82) is 0 Å². The number of carbonyl (C=O) groups excluding carboxylic acids is 1. The quantitative estimate of drug-likeness (QED) is 0.630. The van der Waals surface area contributed by atoms with Crippen LogP contribution >= 0.6 is 0 Å². The number of amides is 1. The zero-order chi connectivity index (χ0) is 17.7. The van der Waals surface area contributed by atoms with E-state index in [1.807, 2.05) is 25.7 Å². The molecule has 2 heterocycles. The molecule has 0 aromatic carbocycles. The Hall–Kier alpha value is -0.665. The Balaban J connectivity index is 1.78. The lowest BCUT2D eigenvalue weighted by Crippen LogP contribution is -2.42. The molecule has 24 heavy (non-hydrogen) atoms. The van der Waals surface area contributed by atoms with Crippen LogP contribution in [0.15, 0.2) is 0 Å². The third-order valence-corrected chi connectivity index (χ3v) is 5.98. The molecule has 0 saturated carbocycles. The highest BCUT2D eigenvalue weighted by Gasteiger charge is 2.31. The molecule has 0 bridgehead atoms. The van der Waals surface area contributed by atoms with Crippen molar-refractivity contribution in [3.63, 3.8) is 0 Å². The van der Waals surface area contributed by atoms with Crippen LogP contribution in [0.5, 0.6) is 0 Å². The van der Waals surface area contributed by atoms with Gasteiger partial charge >= 0.3 is 6.09 Å². The summed E-state index contributed by atoms with van der Waals surface area (Å²) in [4.78, 5) is 14.1. The molecule has 2 aliphatic heterocycles. The predicted molar refractivity (Wildman–Crippen MR) is 103 cm³/mol. The molecule has 0 spiro atoms. The predicted octanol–water partition coefficient (Wildman–Crippen LogP) is 5.58. The SMILES string of the molecule is CCC1CCC(C)CB(CC2CCN(C(=O)OC(C)(C)C)CC2)C1. The fraction of sp³-hybridized carbons (Fsp3) is 0.950. The fourth-order valence-electron chi connectivity index (χ4n) is 4.60. The molecule has 138 valence electrons. The van der Waals surface area contributed by atoms with E-state index in [9.17, 15) is 4.79 Å². The number of ether oxygens (including phenoxy) is 1. The Bertz CT molecular complexity index is 399. The van der Waals surface area contributed by atoms with Gasteiger partial charge in [-0.25, -0.2) is 4.79 Å². The van der Waals surface area contributed by atoms with E-state index < -0.39 is 0 Å². The molecule has 2 aliphatic rings. The van der Waals surface area contributed by atoms with Gasteiger partial charge in [0.1, 0.15) is 12.3 Å². The monoisotopic (exact) mass is 335 g/mol. The first kappa shape index (κ1) is 19.7. The lowest BCUT2D eigenvalue weighted by atomic mass is 9.38. The van der Waals surface area contributed by atoms with Gasteiger partial charge in [0.2, 0.25) is 0 Å². The number of carbonyl (C=O) groups is 1. The van der Waals surface area contributed by atoms with E-state index in [0.717, 1.165) is 50.4 Å². The van der Waals surface area contributed by atoms with E-state index >= 15 is 0 Å². The number of nitrogens with zero attached hydrogens (tertiary/aromatic N) is 1. The Labute approximate surface area is 150 Å². The first-order valence-electron chi connectivity index (χ1n) is 10.2. The van der Waals surface area contributed by atoms with Gasteiger partial charge in [-0.05, 0) is 45.4 Å². The summed E-state index contributed by atoms with van der Waals surface area (Å²) in [6, 6.07) is 0. The first-order valence-corrected chi connectivity index (χ1v) is 10.2. The van der Waals surface area contributed by atoms with Crippen LogP contribution in [0.4, 0.5) is 4.79 Å². The van der Waals surface area contributed by atoms with Crippen LogP contribution < -0.4 is 0 Å². The van der Waals surface area contributed by atoms with Gasteiger partial charge in [-0.15, -0.1) is 0 Å². The molecule has 2 saturated heterocycles. The van der Waals surface area contributed by atoms with Crippen molar-refractivity contribution in [3.8, 4) is 0 Å². The highest BCUT2D eigenvalue weighted by Crippen LogP contribution is 2.35. The summed E-state index contributed by atoms with van der Waals surface area (Å²) in [5.74, 6) is 2.65. The van der Waals surface area contributed by atoms with E-state index in [1.165, 1.54) is 38.2 Å². The second-order valence-corrected chi connectivity index (χ2v) is 9.44. The normalized spacial score (nSPS) is 27.0. The topological polar surface area (TPSA) is 29.5 Å². The minimum atomic E-state index is -0.389. The van der Waals surface area contributed by atoms with Crippen molar-refractivity contribution in [2.45, 2.75) is 91.3 Å². The summed E-state index contributed by atoms with van der Waals surface area (Å²) in [6.07, 6.45) is 10.6. The summed E-state index contributed by atoms with van der Waals surface area (Å²) >= 11 is 0. The van der Waals surface area contributed by atoms with Gasteiger partial charge in [-0.2, -0.15) is 0 Å². The summed E-state index contributed by atoms with van der Waals surface area (Å²) in [5.41, 5.74) is -0.389. The standard InChI is InChI=1S/C20H38BNO2/c1-6-17-8-7-16(2)13-21(14-17)15-18-9-11-22(12-10-18)19(23)24-20(3,4)5/h16-18H,6-15H2,1-5H3. The Morgan fingerprint density at radius 3 is 2.33 bits per heavy atom. The molecule has 0 radical (unpaired) electrons. The van der Waals surface area contributed by atoms with E-state index in [4.69, 9.17) is 4.74 Å². The van der Waals surface area contributed by atoms with Crippen LogP contribution in [0.3, 0.4) is 0 Å². The van der Waals surface area contributed by atoms with E-state index in [0.29, 0.717) is 0 Å². The van der Waals surface area contributed by atoms with Crippen molar-refractivity contribution in [2.75, 3.05) is 13.1 Å². The summed E-state index contributed by atoms with van der Waals surface area (Å²) in [6.45, 7) is 13.3. The Kier molecular flexibility index (Phi) is 7.06. The third-order valence-electron chi connectivity index (χ3n) is 5.98. The van der Waals surface area contributed by atoms with Crippen LogP contribution in [-0.4, -0.2) is 36.4 Å². The van der Waals surface area contributed by atoms with Gasteiger partial charge < -0.3 is 9.64 Å². The molecule has 2 fully saturated rings. The number of likely N-dealkylation sites (tertiary alicyclic amines) is 1. The van der Waals surface area contributed by atoms with E-state index in [1.54, 1.807) is 0 Å². The zero-order valence-electron chi connectivity index (χ0n) is 16.6. The van der Waals surface area contributed by atoms with Crippen molar-refractivity contribution in [1.82, 2.24) is 4.90 Å². The van der Waals surface area contributed by atoms with E-state index in [-0.39, 0.29) is 11.7 Å². The Morgan fingerprint density at radius 2 is 1.75 bits per heavy atom. The van der Waals surface area contributed by atoms with Crippen molar-refractivity contribution >= 4 is 12.8 Å². The maximum absolute atomic E-state index is 12.2. The third kappa shape index (κ3) is 6.33. The molecular weight excluding hydrogens is 297 g/mol. The minimum Gasteiger partial charge on any atom is -0.444 e. The van der Waals surface area contributed by atoms with Crippen LogP contribution in [0.1, 0.15) is 66.7 Å². The van der Waals surface area contributed by atoms with Gasteiger partial charge in [0.15, 0.2) is 0 Å². The van der Waals surface area contributed by atoms with Gasteiger partial charge in [0.05, 0.1) is 0 Å². The summed E-state index contributed by atoms with van der Waals surface area (Å²) in [7, 11) is 0. The zero-order valence-corrected chi connectivity index (χ0v) is 16.6. The number of hydrogen-bond donors (Lipinski definition) is 0. The molecular formula is C20H38BNO2. The maximum atomic E-state index is 12.2. The molecule has 2 rings (SSSR count).